The lowest BCUT2D eigenvalue weighted by Gasteiger charge is -2.29. The van der Waals surface area contributed by atoms with Crippen molar-refractivity contribution in [2.24, 2.45) is 0 Å². The first-order chi connectivity index (χ1) is 13.4. The molecule has 2 heterocycles. The number of esters is 1. The Morgan fingerprint density at radius 3 is 2.36 bits per heavy atom. The topological polar surface area (TPSA) is 63.7 Å². The van der Waals surface area contributed by atoms with Gasteiger partial charge in [0.1, 0.15) is 17.6 Å². The molecule has 0 radical (unpaired) electrons. The second-order valence-corrected chi connectivity index (χ2v) is 8.55. The number of hydrogen-bond donors (Lipinski definition) is 0. The van der Waals surface area contributed by atoms with Crippen molar-refractivity contribution in [1.29, 1.82) is 0 Å². The van der Waals surface area contributed by atoms with Gasteiger partial charge in [-0.2, -0.15) is 0 Å². The van der Waals surface area contributed by atoms with E-state index in [2.05, 4.69) is 0 Å². The minimum absolute atomic E-state index is 0.0188. The van der Waals surface area contributed by atoms with Crippen molar-refractivity contribution in [2.75, 3.05) is 5.75 Å². The molecule has 0 spiro atoms. The number of amides is 1. The van der Waals surface area contributed by atoms with E-state index in [9.17, 15) is 18.8 Å². The first-order valence-electron chi connectivity index (χ1n) is 8.95. The summed E-state index contributed by atoms with van der Waals surface area (Å²) in [6.07, 6.45) is 1.19. The van der Waals surface area contributed by atoms with Crippen LogP contribution in [0.2, 0.25) is 0 Å². The Labute approximate surface area is 165 Å². The molecule has 0 N–H and O–H groups in total. The highest BCUT2D eigenvalue weighted by Crippen LogP contribution is 2.47. The van der Waals surface area contributed by atoms with Gasteiger partial charge in [0.2, 0.25) is 5.91 Å². The molecule has 2 aliphatic heterocycles. The van der Waals surface area contributed by atoms with Gasteiger partial charge in [0.05, 0.1) is 4.87 Å². The minimum Gasteiger partial charge on any atom is -0.425 e. The van der Waals surface area contributed by atoms with E-state index in [0.717, 1.165) is 6.42 Å². The second kappa shape index (κ2) is 7.05. The molecule has 2 aliphatic rings. The molecule has 1 amide bonds. The first kappa shape index (κ1) is 18.7. The quantitative estimate of drug-likeness (QED) is 0.448. The Morgan fingerprint density at radius 2 is 1.71 bits per heavy atom. The molecule has 0 saturated carbocycles. The summed E-state index contributed by atoms with van der Waals surface area (Å²) in [5, 5.41) is 0. The molecule has 2 aromatic carbocycles. The van der Waals surface area contributed by atoms with Crippen LogP contribution in [0.3, 0.4) is 0 Å². The van der Waals surface area contributed by atoms with E-state index >= 15 is 0 Å². The van der Waals surface area contributed by atoms with Gasteiger partial charge in [-0.05, 0) is 61.9 Å². The number of rotatable bonds is 4. The number of fused-ring (bicyclic) bond motifs is 1. The Kier molecular flexibility index (Phi) is 4.71. The molecule has 4 rings (SSSR count). The van der Waals surface area contributed by atoms with E-state index in [-0.39, 0.29) is 16.6 Å². The standard InChI is InChI=1S/C21H18FNO4S/c1-21-11-10-18(24)23(21)17(12-28-21)20(26)27-16-8-4-14(5-9-16)19(25)13-2-6-15(22)7-3-13/h2-9,17H,10-12H2,1H3/t17-,21-/m0/s1. The summed E-state index contributed by atoms with van der Waals surface area (Å²) in [5.41, 5.74) is 0.783. The fraction of sp³-hybridized carbons (Fsp3) is 0.286. The lowest BCUT2D eigenvalue weighted by atomic mass is 10.0. The SMILES string of the molecule is C[C@]12CCC(=O)N1[C@H](C(=O)Oc1ccc(C(=O)c3ccc(F)cc3)cc1)CS2. The Morgan fingerprint density at radius 1 is 1.11 bits per heavy atom. The minimum atomic E-state index is -0.592. The fourth-order valence-corrected chi connectivity index (χ4v) is 5.04. The van der Waals surface area contributed by atoms with Crippen LogP contribution in [0, 0.1) is 5.82 Å². The largest absolute Gasteiger partial charge is 0.425 e. The number of carbonyl (C=O) groups is 3. The molecular formula is C21H18FNO4S. The average molecular weight is 399 g/mol. The Bertz CT molecular complexity index is 944. The lowest BCUT2D eigenvalue weighted by molar-refractivity contribution is -0.146. The number of nitrogens with zero attached hydrogens (tertiary/aromatic N) is 1. The third-order valence-corrected chi connectivity index (χ3v) is 6.66. The molecule has 7 heteroatoms. The van der Waals surface area contributed by atoms with Crippen LogP contribution in [0.25, 0.3) is 0 Å². The van der Waals surface area contributed by atoms with Crippen LogP contribution < -0.4 is 4.74 Å². The van der Waals surface area contributed by atoms with Crippen LogP contribution >= 0.6 is 11.8 Å². The number of carbonyl (C=O) groups excluding carboxylic acids is 3. The molecule has 0 aromatic heterocycles. The van der Waals surface area contributed by atoms with E-state index in [1.54, 1.807) is 40.9 Å². The number of hydrogen-bond acceptors (Lipinski definition) is 5. The van der Waals surface area contributed by atoms with Gasteiger partial charge in [-0.3, -0.25) is 9.59 Å². The number of thioether (sulfide) groups is 1. The molecule has 0 unspecified atom stereocenters. The predicted molar refractivity (Wildman–Crippen MR) is 103 cm³/mol. The highest BCUT2D eigenvalue weighted by molar-refractivity contribution is 8.01. The summed E-state index contributed by atoms with van der Waals surface area (Å²) in [7, 11) is 0. The van der Waals surface area contributed by atoms with Crippen molar-refractivity contribution in [2.45, 2.75) is 30.7 Å². The summed E-state index contributed by atoms with van der Waals surface area (Å²) in [5.74, 6) is -0.313. The van der Waals surface area contributed by atoms with Gasteiger partial charge in [0.15, 0.2) is 5.78 Å². The van der Waals surface area contributed by atoms with Gasteiger partial charge in [-0.15, -0.1) is 11.8 Å². The highest BCUT2D eigenvalue weighted by atomic mass is 32.2. The zero-order valence-electron chi connectivity index (χ0n) is 15.2. The van der Waals surface area contributed by atoms with Crippen LogP contribution in [0.4, 0.5) is 4.39 Å². The number of halogens is 1. The maximum Gasteiger partial charge on any atom is 0.335 e. The smallest absolute Gasteiger partial charge is 0.335 e. The zero-order chi connectivity index (χ0) is 19.9. The third kappa shape index (κ3) is 3.30. The van der Waals surface area contributed by atoms with Gasteiger partial charge in [-0.1, -0.05) is 0 Å². The van der Waals surface area contributed by atoms with Crippen molar-refractivity contribution in [3.63, 3.8) is 0 Å². The van der Waals surface area contributed by atoms with Crippen molar-refractivity contribution < 1.29 is 23.5 Å². The summed E-state index contributed by atoms with van der Waals surface area (Å²) in [6.45, 7) is 1.98. The van der Waals surface area contributed by atoms with Crippen LogP contribution in [-0.2, 0) is 9.59 Å². The predicted octanol–water partition coefficient (Wildman–Crippen LogP) is 3.42. The highest BCUT2D eigenvalue weighted by Gasteiger charge is 2.53. The monoisotopic (exact) mass is 399 g/mol. The molecule has 144 valence electrons. The van der Waals surface area contributed by atoms with Gasteiger partial charge in [0.25, 0.3) is 0 Å². The van der Waals surface area contributed by atoms with E-state index in [0.29, 0.717) is 29.1 Å². The molecule has 0 aliphatic carbocycles. The molecule has 2 aromatic rings. The molecule has 2 atom stereocenters. The summed E-state index contributed by atoms with van der Waals surface area (Å²) < 4.78 is 18.4. The summed E-state index contributed by atoms with van der Waals surface area (Å²) >= 11 is 1.60. The number of ether oxygens (including phenoxy) is 1. The average Bonchev–Trinajstić information content (AvgIpc) is 3.18. The van der Waals surface area contributed by atoms with Gasteiger partial charge < -0.3 is 9.64 Å². The van der Waals surface area contributed by atoms with Gasteiger partial charge >= 0.3 is 5.97 Å². The summed E-state index contributed by atoms with van der Waals surface area (Å²) in [4.78, 5) is 38.5. The van der Waals surface area contributed by atoms with E-state index in [1.165, 1.54) is 24.3 Å². The van der Waals surface area contributed by atoms with E-state index in [4.69, 9.17) is 4.74 Å². The molecule has 2 fully saturated rings. The van der Waals surface area contributed by atoms with Crippen molar-refractivity contribution in [3.05, 3.63) is 65.5 Å². The molecule has 0 bridgehead atoms. The van der Waals surface area contributed by atoms with Crippen molar-refractivity contribution in [3.8, 4) is 5.75 Å². The van der Waals surface area contributed by atoms with Crippen molar-refractivity contribution in [1.82, 2.24) is 4.90 Å². The van der Waals surface area contributed by atoms with Crippen LogP contribution in [-0.4, -0.2) is 39.2 Å². The maximum atomic E-state index is 13.0. The first-order valence-corrected chi connectivity index (χ1v) is 9.94. The molecular weight excluding hydrogens is 381 g/mol. The van der Waals surface area contributed by atoms with Crippen molar-refractivity contribution >= 4 is 29.4 Å². The third-order valence-electron chi connectivity index (χ3n) is 5.16. The van der Waals surface area contributed by atoms with Crippen LogP contribution in [0.1, 0.15) is 35.7 Å². The molecule has 5 nitrogen and oxygen atoms in total. The maximum absolute atomic E-state index is 13.0. The van der Waals surface area contributed by atoms with Gasteiger partial charge in [0, 0.05) is 23.3 Å². The fourth-order valence-electron chi connectivity index (χ4n) is 3.62. The van der Waals surface area contributed by atoms with Gasteiger partial charge in [-0.25, -0.2) is 9.18 Å². The Hall–Kier alpha value is -2.67. The normalized spacial score (nSPS) is 23.6. The summed E-state index contributed by atoms with van der Waals surface area (Å²) in [6, 6.07) is 10.9. The molecule has 28 heavy (non-hydrogen) atoms. The zero-order valence-corrected chi connectivity index (χ0v) is 16.0. The van der Waals surface area contributed by atoms with E-state index < -0.39 is 17.8 Å². The van der Waals surface area contributed by atoms with Crippen LogP contribution in [0.5, 0.6) is 5.75 Å². The molecule has 2 saturated heterocycles. The van der Waals surface area contributed by atoms with Crippen LogP contribution in [0.15, 0.2) is 48.5 Å². The Balaban J connectivity index is 1.45. The van der Waals surface area contributed by atoms with E-state index in [1.807, 2.05) is 6.92 Å². The number of ketones is 1. The number of benzene rings is 2. The second-order valence-electron chi connectivity index (χ2n) is 7.05. The lowest BCUT2D eigenvalue weighted by Crippen LogP contribution is -2.47.